The van der Waals surface area contributed by atoms with Crippen molar-refractivity contribution >= 4 is 5.91 Å². The Bertz CT molecular complexity index is 1220. The zero-order valence-electron chi connectivity index (χ0n) is 18.0. The smallest absolute Gasteiger partial charge is 0.223 e. The molecule has 0 saturated carbocycles. The Morgan fingerprint density at radius 2 is 1.71 bits per heavy atom. The van der Waals surface area contributed by atoms with Gasteiger partial charge in [0.2, 0.25) is 5.91 Å². The van der Waals surface area contributed by atoms with Crippen LogP contribution in [0.25, 0.3) is 11.5 Å². The molecule has 0 N–H and O–H groups in total. The fourth-order valence-electron chi connectivity index (χ4n) is 4.21. The topological polar surface area (TPSA) is 43.1 Å². The molecule has 0 aliphatic carbocycles. The molecule has 0 bridgehead atoms. The van der Waals surface area contributed by atoms with Crippen molar-refractivity contribution in [3.63, 3.8) is 0 Å². The summed E-state index contributed by atoms with van der Waals surface area (Å²) in [5.41, 5.74) is 6.85. The van der Waals surface area contributed by atoms with Crippen LogP contribution in [0.1, 0.15) is 34.4 Å². The number of carbonyl (C=O) groups is 1. The molecule has 0 fully saturated rings. The maximum atomic E-state index is 12.9. The van der Waals surface area contributed by atoms with Crippen LogP contribution in [0.2, 0.25) is 0 Å². The minimum Gasteiger partial charge on any atom is -0.332 e. The summed E-state index contributed by atoms with van der Waals surface area (Å²) in [4.78, 5) is 14.8. The average molecular weight is 411 g/mol. The number of benzene rings is 2. The molecule has 3 heterocycles. The van der Waals surface area contributed by atoms with Gasteiger partial charge in [-0.1, -0.05) is 36.4 Å². The summed E-state index contributed by atoms with van der Waals surface area (Å²) in [6.07, 6.45) is 5.36. The van der Waals surface area contributed by atoms with Crippen molar-refractivity contribution < 1.29 is 4.79 Å². The molecule has 156 valence electrons. The van der Waals surface area contributed by atoms with Crippen LogP contribution >= 0.6 is 0 Å². The van der Waals surface area contributed by atoms with Gasteiger partial charge in [0, 0.05) is 24.4 Å². The van der Waals surface area contributed by atoms with Gasteiger partial charge >= 0.3 is 0 Å². The quantitative estimate of drug-likeness (QED) is 0.476. The summed E-state index contributed by atoms with van der Waals surface area (Å²) in [6, 6.07) is 20.6. The van der Waals surface area contributed by atoms with Gasteiger partial charge in [0.05, 0.1) is 24.5 Å². The molecule has 31 heavy (non-hydrogen) atoms. The van der Waals surface area contributed by atoms with Gasteiger partial charge < -0.3 is 9.47 Å². The molecule has 0 unspecified atom stereocenters. The number of aryl methyl sites for hydroxylation is 3. The van der Waals surface area contributed by atoms with E-state index in [1.165, 1.54) is 16.7 Å². The highest BCUT2D eigenvalue weighted by molar-refractivity contribution is 5.77. The highest BCUT2D eigenvalue weighted by Gasteiger charge is 2.31. The van der Waals surface area contributed by atoms with Crippen LogP contribution in [0.4, 0.5) is 0 Å². The monoisotopic (exact) mass is 410 g/mol. The number of aromatic nitrogens is 3. The Morgan fingerprint density at radius 1 is 0.935 bits per heavy atom. The predicted octanol–water partition coefficient (Wildman–Crippen LogP) is 4.75. The van der Waals surface area contributed by atoms with Crippen molar-refractivity contribution in [2.75, 3.05) is 0 Å². The normalized spacial score (nSPS) is 12.9. The van der Waals surface area contributed by atoms with E-state index in [9.17, 15) is 4.79 Å². The van der Waals surface area contributed by atoms with Gasteiger partial charge in [0.1, 0.15) is 5.82 Å². The first-order valence-electron chi connectivity index (χ1n) is 10.7. The van der Waals surface area contributed by atoms with Gasteiger partial charge in [-0.2, -0.15) is 5.10 Å². The maximum absolute atomic E-state index is 12.9. The molecule has 5 rings (SSSR count). The lowest BCUT2D eigenvalue weighted by Crippen LogP contribution is -2.26. The van der Waals surface area contributed by atoms with E-state index in [1.807, 2.05) is 52.3 Å². The first-order valence-corrected chi connectivity index (χ1v) is 10.7. The van der Waals surface area contributed by atoms with E-state index in [0.717, 1.165) is 29.2 Å². The summed E-state index contributed by atoms with van der Waals surface area (Å²) >= 11 is 0. The Balaban J connectivity index is 1.43. The zero-order valence-corrected chi connectivity index (χ0v) is 18.0. The molecule has 2 aromatic carbocycles. The molecule has 0 radical (unpaired) electrons. The van der Waals surface area contributed by atoms with Crippen LogP contribution in [0.15, 0.2) is 73.1 Å². The van der Waals surface area contributed by atoms with E-state index in [-0.39, 0.29) is 5.91 Å². The lowest BCUT2D eigenvalue weighted by molar-refractivity contribution is -0.131. The van der Waals surface area contributed by atoms with Crippen molar-refractivity contribution in [3.05, 3.63) is 101 Å². The second kappa shape index (κ2) is 7.91. The molecular weight excluding hydrogens is 384 g/mol. The van der Waals surface area contributed by atoms with E-state index in [2.05, 4.69) is 48.7 Å². The second-order valence-electron chi connectivity index (χ2n) is 8.25. The minimum absolute atomic E-state index is 0.179. The predicted molar refractivity (Wildman–Crippen MR) is 121 cm³/mol. The van der Waals surface area contributed by atoms with E-state index < -0.39 is 0 Å². The van der Waals surface area contributed by atoms with Crippen LogP contribution in [-0.4, -0.2) is 25.2 Å². The van der Waals surface area contributed by atoms with E-state index in [0.29, 0.717) is 19.5 Å². The number of amides is 1. The first kappa shape index (κ1) is 19.4. The third kappa shape index (κ3) is 3.67. The van der Waals surface area contributed by atoms with Gasteiger partial charge in [-0.05, 0) is 61.2 Å². The molecule has 0 atom stereocenters. The Hall–Kier alpha value is -3.60. The fourth-order valence-corrected chi connectivity index (χ4v) is 4.21. The second-order valence-corrected chi connectivity index (χ2v) is 8.25. The lowest BCUT2D eigenvalue weighted by Gasteiger charge is -2.18. The third-order valence-electron chi connectivity index (χ3n) is 6.14. The Labute approximate surface area is 182 Å². The van der Waals surface area contributed by atoms with Crippen LogP contribution in [0.5, 0.6) is 0 Å². The van der Waals surface area contributed by atoms with Gasteiger partial charge in [-0.3, -0.25) is 4.79 Å². The van der Waals surface area contributed by atoms with E-state index in [4.69, 9.17) is 5.10 Å². The summed E-state index contributed by atoms with van der Waals surface area (Å²) < 4.78 is 4.11. The van der Waals surface area contributed by atoms with Crippen molar-refractivity contribution in [2.24, 2.45) is 0 Å². The number of hydrogen-bond acceptors (Lipinski definition) is 2. The average Bonchev–Trinajstić information content (AvgIpc) is 3.50. The summed E-state index contributed by atoms with van der Waals surface area (Å²) in [5.74, 6) is 1.19. The molecule has 1 amide bonds. The molecule has 5 heteroatoms. The molecule has 2 aromatic heterocycles. The number of carbonyl (C=O) groups excluding carboxylic acids is 1. The highest BCUT2D eigenvalue weighted by atomic mass is 16.2. The Kier molecular flexibility index (Phi) is 4.94. The van der Waals surface area contributed by atoms with Crippen LogP contribution < -0.4 is 0 Å². The third-order valence-corrected chi connectivity index (χ3v) is 6.14. The summed E-state index contributed by atoms with van der Waals surface area (Å²) in [7, 11) is 0. The number of rotatable bonds is 5. The SMILES string of the molecule is Cc1ccc(-n2nc3c(c2-n2cccc2)CN(C(=O)CCc2ccccc2)C3)cc1C. The summed E-state index contributed by atoms with van der Waals surface area (Å²) in [6.45, 7) is 5.41. The van der Waals surface area contributed by atoms with Crippen LogP contribution in [0.3, 0.4) is 0 Å². The lowest BCUT2D eigenvalue weighted by atomic mass is 10.1. The molecular formula is C26H26N4O. The molecule has 5 nitrogen and oxygen atoms in total. The molecule has 4 aromatic rings. The summed E-state index contributed by atoms with van der Waals surface area (Å²) in [5, 5.41) is 4.94. The number of fused-ring (bicyclic) bond motifs is 1. The van der Waals surface area contributed by atoms with Crippen LogP contribution in [-0.2, 0) is 24.3 Å². The molecule has 1 aliphatic heterocycles. The molecule has 0 saturated heterocycles. The number of nitrogens with zero attached hydrogens (tertiary/aromatic N) is 4. The van der Waals surface area contributed by atoms with Crippen molar-refractivity contribution in [1.82, 2.24) is 19.2 Å². The van der Waals surface area contributed by atoms with Crippen molar-refractivity contribution in [3.8, 4) is 11.5 Å². The largest absolute Gasteiger partial charge is 0.332 e. The maximum Gasteiger partial charge on any atom is 0.223 e. The highest BCUT2D eigenvalue weighted by Crippen LogP contribution is 2.31. The Morgan fingerprint density at radius 3 is 2.45 bits per heavy atom. The molecule has 0 spiro atoms. The molecule has 1 aliphatic rings. The van der Waals surface area contributed by atoms with E-state index in [1.54, 1.807) is 0 Å². The minimum atomic E-state index is 0.179. The van der Waals surface area contributed by atoms with Gasteiger partial charge in [-0.15, -0.1) is 0 Å². The first-order chi connectivity index (χ1) is 15.1. The van der Waals surface area contributed by atoms with Crippen LogP contribution in [0, 0.1) is 13.8 Å². The standard InChI is InChI=1S/C26H26N4O/c1-19-10-12-22(16-20(19)2)30-26(28-14-6-7-15-28)23-17-29(18-24(23)27-30)25(31)13-11-21-8-4-3-5-9-21/h3-10,12,14-16H,11,13,17-18H2,1-2H3. The van der Waals surface area contributed by atoms with Crippen molar-refractivity contribution in [2.45, 2.75) is 39.8 Å². The van der Waals surface area contributed by atoms with Gasteiger partial charge in [0.15, 0.2) is 0 Å². The van der Waals surface area contributed by atoms with Gasteiger partial charge in [0.25, 0.3) is 0 Å². The zero-order chi connectivity index (χ0) is 21.4. The van der Waals surface area contributed by atoms with Gasteiger partial charge in [-0.25, -0.2) is 4.68 Å². The van der Waals surface area contributed by atoms with E-state index >= 15 is 0 Å². The fraction of sp³-hybridized carbons (Fsp3) is 0.231. The number of hydrogen-bond donors (Lipinski definition) is 0. The van der Waals surface area contributed by atoms with Crippen molar-refractivity contribution in [1.29, 1.82) is 0 Å².